The molecule has 0 fully saturated rings. The third kappa shape index (κ3) is 3.59. The van der Waals surface area contributed by atoms with E-state index in [-0.39, 0.29) is 6.42 Å². The van der Waals surface area contributed by atoms with Crippen molar-refractivity contribution in [3.8, 4) is 0 Å². The van der Waals surface area contributed by atoms with E-state index in [4.69, 9.17) is 0 Å². The van der Waals surface area contributed by atoms with Crippen molar-refractivity contribution in [1.29, 1.82) is 0 Å². The Morgan fingerprint density at radius 1 is 1.42 bits per heavy atom. The second kappa shape index (κ2) is 5.00. The fraction of sp³-hybridized carbons (Fsp3) is 0.857. The summed E-state index contributed by atoms with van der Waals surface area (Å²) in [6.07, 6.45) is 1.05. The van der Waals surface area contributed by atoms with Crippen LogP contribution in [-0.4, -0.2) is 11.8 Å². The van der Waals surface area contributed by atoms with Crippen molar-refractivity contribution in [2.75, 3.05) is 0 Å². The topological polar surface area (TPSA) is 29.1 Å². The van der Waals surface area contributed by atoms with Gasteiger partial charge in [0.25, 0.3) is 0 Å². The molecule has 2 nitrogen and oxygen atoms in total. The molecule has 1 amide bonds. The predicted molar refractivity (Wildman–Crippen MR) is 38.3 cm³/mol. The molecule has 0 bridgehead atoms. The molecule has 0 aliphatic rings. The van der Waals surface area contributed by atoms with Gasteiger partial charge in [-0.2, -0.15) is 14.3 Å². The number of amides is 1. The SMILES string of the molecule is CCCCCC(F)(F)C(=O)NF. The maximum Gasteiger partial charge on any atom is 0.327 e. The van der Waals surface area contributed by atoms with E-state index in [1.54, 1.807) is 0 Å². The molecule has 1 N–H and O–H groups in total. The van der Waals surface area contributed by atoms with Crippen LogP contribution in [0.4, 0.5) is 13.3 Å². The average molecular weight is 183 g/mol. The second-order valence-corrected chi connectivity index (χ2v) is 2.59. The fourth-order valence-corrected chi connectivity index (χ4v) is 0.780. The quantitative estimate of drug-likeness (QED) is 0.513. The summed E-state index contributed by atoms with van der Waals surface area (Å²) in [6, 6.07) is 0. The first-order valence-electron chi connectivity index (χ1n) is 3.83. The van der Waals surface area contributed by atoms with Crippen molar-refractivity contribution in [3.05, 3.63) is 0 Å². The molecule has 0 radical (unpaired) electrons. The minimum atomic E-state index is -3.57. The molecule has 0 aromatic rings. The van der Waals surface area contributed by atoms with Gasteiger partial charge in [0.2, 0.25) is 0 Å². The summed E-state index contributed by atoms with van der Waals surface area (Å²) in [7, 11) is 0. The molecular formula is C7H12F3NO. The van der Waals surface area contributed by atoms with Crippen LogP contribution < -0.4 is 5.54 Å². The molecule has 0 aromatic carbocycles. The standard InChI is InChI=1S/C7H12F3NO/c1-2-3-4-5-7(8,9)6(12)11-10/h2-5H2,1H3,(H,11,12). The third-order valence-electron chi connectivity index (χ3n) is 1.51. The molecule has 0 saturated carbocycles. The molecule has 0 atom stereocenters. The molecule has 0 aliphatic heterocycles. The summed E-state index contributed by atoms with van der Waals surface area (Å²) in [5, 5.41) is 0. The molecule has 0 spiro atoms. The Labute approximate surface area is 69.1 Å². The van der Waals surface area contributed by atoms with Crippen molar-refractivity contribution in [1.82, 2.24) is 5.54 Å². The van der Waals surface area contributed by atoms with Gasteiger partial charge in [-0.1, -0.05) is 19.8 Å². The van der Waals surface area contributed by atoms with Crippen LogP contribution in [0.5, 0.6) is 0 Å². The smallest absolute Gasteiger partial charge is 0.265 e. The van der Waals surface area contributed by atoms with E-state index in [1.807, 2.05) is 6.92 Å². The zero-order chi connectivity index (χ0) is 9.61. The maximum atomic E-state index is 12.5. The average Bonchev–Trinajstić information content (AvgIpc) is 2.03. The summed E-state index contributed by atoms with van der Waals surface area (Å²) in [5.74, 6) is -5.41. The largest absolute Gasteiger partial charge is 0.327 e. The Balaban J connectivity index is 3.78. The minimum Gasteiger partial charge on any atom is -0.265 e. The molecule has 0 unspecified atom stereocenters. The van der Waals surface area contributed by atoms with Crippen molar-refractivity contribution in [3.63, 3.8) is 0 Å². The maximum absolute atomic E-state index is 12.5. The van der Waals surface area contributed by atoms with Gasteiger partial charge in [0.1, 0.15) is 0 Å². The van der Waals surface area contributed by atoms with Crippen molar-refractivity contribution >= 4 is 5.91 Å². The van der Waals surface area contributed by atoms with Crippen LogP contribution in [0.25, 0.3) is 0 Å². The van der Waals surface area contributed by atoms with Crippen molar-refractivity contribution in [2.24, 2.45) is 0 Å². The summed E-state index contributed by atoms with van der Waals surface area (Å²) in [4.78, 5) is 10.2. The Kier molecular flexibility index (Phi) is 4.70. The molecule has 72 valence electrons. The van der Waals surface area contributed by atoms with Crippen LogP contribution >= 0.6 is 0 Å². The first-order chi connectivity index (χ1) is 5.54. The summed E-state index contributed by atoms with van der Waals surface area (Å²) >= 11 is 0. The van der Waals surface area contributed by atoms with Gasteiger partial charge in [0, 0.05) is 6.42 Å². The Bertz CT molecular complexity index is 150. The molecule has 0 saturated heterocycles. The number of unbranched alkanes of at least 4 members (excludes halogenated alkanes) is 2. The second-order valence-electron chi connectivity index (χ2n) is 2.59. The van der Waals surface area contributed by atoms with E-state index in [9.17, 15) is 18.1 Å². The molecular weight excluding hydrogens is 171 g/mol. The fourth-order valence-electron chi connectivity index (χ4n) is 0.780. The van der Waals surface area contributed by atoms with Gasteiger partial charge in [0.15, 0.2) is 0 Å². The normalized spacial score (nSPS) is 11.3. The van der Waals surface area contributed by atoms with Gasteiger partial charge in [-0.05, 0) is 6.42 Å². The van der Waals surface area contributed by atoms with Crippen LogP contribution in [0, 0.1) is 0 Å². The Hall–Kier alpha value is -0.740. The zero-order valence-corrected chi connectivity index (χ0v) is 6.87. The van der Waals surface area contributed by atoms with Crippen LogP contribution in [0.15, 0.2) is 0 Å². The molecule has 0 aliphatic carbocycles. The zero-order valence-electron chi connectivity index (χ0n) is 6.87. The van der Waals surface area contributed by atoms with Gasteiger partial charge < -0.3 is 0 Å². The summed E-state index contributed by atoms with van der Waals surface area (Å²) in [6.45, 7) is 1.85. The highest BCUT2D eigenvalue weighted by atomic mass is 19.3. The number of halogens is 3. The molecule has 0 heterocycles. The number of carbonyl (C=O) groups excluding carboxylic acids is 1. The number of hydrogen-bond donors (Lipinski definition) is 1. The highest BCUT2D eigenvalue weighted by Gasteiger charge is 2.37. The first kappa shape index (κ1) is 11.3. The number of carbonyl (C=O) groups is 1. The van der Waals surface area contributed by atoms with E-state index in [0.29, 0.717) is 12.0 Å². The van der Waals surface area contributed by atoms with E-state index < -0.39 is 18.3 Å². The lowest BCUT2D eigenvalue weighted by molar-refractivity contribution is -0.151. The van der Waals surface area contributed by atoms with Crippen LogP contribution in [-0.2, 0) is 4.79 Å². The highest BCUT2D eigenvalue weighted by Crippen LogP contribution is 2.21. The summed E-state index contributed by atoms with van der Waals surface area (Å²) in [5.41, 5.74) is 0.443. The molecule has 12 heavy (non-hydrogen) atoms. The molecule has 0 rings (SSSR count). The predicted octanol–water partition coefficient (Wildman–Crippen LogP) is 2.20. The minimum absolute atomic E-state index is 0.233. The number of hydrogen-bond acceptors (Lipinski definition) is 1. The monoisotopic (exact) mass is 183 g/mol. The van der Waals surface area contributed by atoms with Gasteiger partial charge >= 0.3 is 11.8 Å². The van der Waals surface area contributed by atoms with Crippen molar-refractivity contribution in [2.45, 2.75) is 38.5 Å². The molecule has 5 heteroatoms. The highest BCUT2D eigenvalue weighted by molar-refractivity contribution is 5.82. The third-order valence-corrected chi connectivity index (χ3v) is 1.51. The van der Waals surface area contributed by atoms with Gasteiger partial charge in [-0.3, -0.25) is 4.79 Å². The molecule has 0 aromatic heterocycles. The van der Waals surface area contributed by atoms with E-state index in [1.165, 1.54) is 0 Å². The van der Waals surface area contributed by atoms with Gasteiger partial charge in [0.05, 0.1) is 0 Å². The van der Waals surface area contributed by atoms with Crippen LogP contribution in [0.2, 0.25) is 0 Å². The number of alkyl halides is 2. The number of nitrogens with one attached hydrogen (secondary N) is 1. The van der Waals surface area contributed by atoms with Gasteiger partial charge in [-0.25, -0.2) is 0 Å². The lowest BCUT2D eigenvalue weighted by atomic mass is 10.1. The van der Waals surface area contributed by atoms with Crippen LogP contribution in [0.3, 0.4) is 0 Å². The summed E-state index contributed by atoms with van der Waals surface area (Å²) < 4.78 is 36.3. The first-order valence-corrected chi connectivity index (χ1v) is 3.83. The van der Waals surface area contributed by atoms with E-state index in [0.717, 1.165) is 6.42 Å². The Morgan fingerprint density at radius 3 is 2.42 bits per heavy atom. The Morgan fingerprint density at radius 2 is 2.00 bits per heavy atom. The van der Waals surface area contributed by atoms with Crippen molar-refractivity contribution < 1.29 is 18.1 Å². The lowest BCUT2D eigenvalue weighted by Gasteiger charge is -2.11. The van der Waals surface area contributed by atoms with Gasteiger partial charge in [-0.15, -0.1) is 4.48 Å². The lowest BCUT2D eigenvalue weighted by Crippen LogP contribution is -2.36. The number of rotatable bonds is 5. The van der Waals surface area contributed by atoms with E-state index >= 15 is 0 Å². The van der Waals surface area contributed by atoms with Crippen LogP contribution in [0.1, 0.15) is 32.6 Å². The van der Waals surface area contributed by atoms with E-state index in [2.05, 4.69) is 0 Å².